The molecule has 0 saturated carbocycles. The number of hydrogen-bond acceptors (Lipinski definition) is 2. The summed E-state index contributed by atoms with van der Waals surface area (Å²) in [4.78, 5) is 3.48. The zero-order chi connectivity index (χ0) is 15.0. The van der Waals surface area contributed by atoms with Gasteiger partial charge in [0.15, 0.2) is 5.69 Å². The van der Waals surface area contributed by atoms with Crippen molar-refractivity contribution in [3.8, 4) is 0 Å². The van der Waals surface area contributed by atoms with Crippen molar-refractivity contribution in [2.24, 2.45) is 5.16 Å². The fourth-order valence-corrected chi connectivity index (χ4v) is 2.54. The molecule has 1 aliphatic carbocycles. The molecule has 0 amide bonds. The van der Waals surface area contributed by atoms with Gasteiger partial charge in [-0.15, -0.1) is 5.16 Å². The number of rotatable bonds is 2. The minimum atomic E-state index is -1.85. The summed E-state index contributed by atoms with van der Waals surface area (Å²) in [6.07, 6.45) is 1.86. The Morgan fingerprint density at radius 1 is 1.25 bits per heavy atom. The Labute approximate surface area is 122 Å². The third-order valence-electron chi connectivity index (χ3n) is 4.35. The van der Waals surface area contributed by atoms with Crippen molar-refractivity contribution in [1.82, 2.24) is 0 Å². The van der Waals surface area contributed by atoms with Crippen LogP contribution in [0.4, 0.5) is 5.69 Å². The summed E-state index contributed by atoms with van der Waals surface area (Å²) < 4.78 is 5.96. The Kier molecular flexibility index (Phi) is 3.75. The predicted octanol–water partition coefficient (Wildman–Crippen LogP) is 4.91. The Morgan fingerprint density at radius 2 is 1.95 bits per heavy atom. The lowest BCUT2D eigenvalue weighted by atomic mass is 10.1. The number of benzene rings is 1. The lowest BCUT2D eigenvalue weighted by Gasteiger charge is -2.33. The maximum absolute atomic E-state index is 7.06. The highest BCUT2D eigenvalue weighted by atomic mass is 28.4. The quantitative estimate of drug-likeness (QED) is 0.431. The lowest BCUT2D eigenvalue weighted by molar-refractivity contribution is 0.307. The highest BCUT2D eigenvalue weighted by Gasteiger charge is 2.40. The number of fused-ring (bicyclic) bond motifs is 1. The van der Waals surface area contributed by atoms with Crippen LogP contribution in [0, 0.1) is 6.57 Å². The van der Waals surface area contributed by atoms with Gasteiger partial charge in [0.05, 0.1) is 12.3 Å². The van der Waals surface area contributed by atoms with Gasteiger partial charge >= 0.3 is 0 Å². The van der Waals surface area contributed by atoms with Crippen molar-refractivity contribution in [2.75, 3.05) is 0 Å². The normalized spacial score (nSPS) is 16.9. The zero-order valence-electron chi connectivity index (χ0n) is 12.9. The molecule has 4 heteroatoms. The molecule has 0 aliphatic heterocycles. The maximum Gasteiger partial charge on any atom is 0.286 e. The van der Waals surface area contributed by atoms with Gasteiger partial charge in [0.1, 0.15) is 0 Å². The van der Waals surface area contributed by atoms with E-state index in [0.717, 1.165) is 24.1 Å². The molecule has 0 N–H and O–H groups in total. The molecule has 0 radical (unpaired) electrons. The molecule has 1 aromatic carbocycles. The molecule has 0 atom stereocenters. The van der Waals surface area contributed by atoms with Crippen molar-refractivity contribution in [1.29, 1.82) is 0 Å². The summed E-state index contributed by atoms with van der Waals surface area (Å²) in [6, 6.07) is 5.83. The molecule has 0 spiro atoms. The van der Waals surface area contributed by atoms with Crippen LogP contribution in [0.25, 0.3) is 4.85 Å². The van der Waals surface area contributed by atoms with Crippen LogP contribution in [0.1, 0.15) is 38.3 Å². The second-order valence-electron chi connectivity index (χ2n) is 6.84. The van der Waals surface area contributed by atoms with Crippen molar-refractivity contribution in [3.05, 3.63) is 40.7 Å². The standard InChI is InChI=1S/C16H22N2OSi/c1-16(2,3)20(5,6)19-18-15-10-7-12-11-13(17-4)8-9-14(12)15/h8-9,11H,7,10H2,1-3,5-6H3. The van der Waals surface area contributed by atoms with Gasteiger partial charge in [0.25, 0.3) is 8.32 Å². The van der Waals surface area contributed by atoms with E-state index < -0.39 is 8.32 Å². The van der Waals surface area contributed by atoms with Gasteiger partial charge in [-0.25, -0.2) is 4.85 Å². The van der Waals surface area contributed by atoms with Gasteiger partial charge in [-0.05, 0) is 42.1 Å². The number of aryl methyl sites for hydroxylation is 1. The molecule has 0 bridgehead atoms. The molecule has 2 rings (SSSR count). The van der Waals surface area contributed by atoms with Gasteiger partial charge in [-0.2, -0.15) is 0 Å². The monoisotopic (exact) mass is 286 g/mol. The molecule has 20 heavy (non-hydrogen) atoms. The first kappa shape index (κ1) is 14.8. The molecular formula is C16H22N2OSi. The van der Waals surface area contributed by atoms with E-state index >= 15 is 0 Å². The first-order valence-corrected chi connectivity index (χ1v) is 9.91. The SMILES string of the molecule is [C-]#[N+]c1ccc2c(c1)CCC2=NO[Si](C)(C)C(C)(C)C. The van der Waals surface area contributed by atoms with Crippen molar-refractivity contribution < 1.29 is 4.53 Å². The van der Waals surface area contributed by atoms with E-state index in [0.29, 0.717) is 5.69 Å². The van der Waals surface area contributed by atoms with Crippen LogP contribution in [-0.4, -0.2) is 14.0 Å². The van der Waals surface area contributed by atoms with E-state index in [1.807, 2.05) is 18.2 Å². The Hall–Kier alpha value is -1.60. The molecule has 0 fully saturated rings. The van der Waals surface area contributed by atoms with Crippen molar-refractivity contribution in [2.45, 2.75) is 51.7 Å². The van der Waals surface area contributed by atoms with Gasteiger partial charge in [0, 0.05) is 0 Å². The summed E-state index contributed by atoms with van der Waals surface area (Å²) >= 11 is 0. The van der Waals surface area contributed by atoms with Gasteiger partial charge < -0.3 is 4.53 Å². The fraction of sp³-hybridized carbons (Fsp3) is 0.500. The van der Waals surface area contributed by atoms with Crippen LogP contribution >= 0.6 is 0 Å². The summed E-state index contributed by atoms with van der Waals surface area (Å²) in [7, 11) is -1.85. The maximum atomic E-state index is 7.06. The molecule has 0 unspecified atom stereocenters. The number of hydrogen-bond donors (Lipinski definition) is 0. The van der Waals surface area contributed by atoms with E-state index in [4.69, 9.17) is 11.1 Å². The molecule has 0 heterocycles. The minimum Gasteiger partial charge on any atom is -0.455 e. The van der Waals surface area contributed by atoms with Crippen LogP contribution in [0.3, 0.4) is 0 Å². The van der Waals surface area contributed by atoms with Crippen molar-refractivity contribution >= 4 is 19.7 Å². The predicted molar refractivity (Wildman–Crippen MR) is 85.8 cm³/mol. The van der Waals surface area contributed by atoms with E-state index in [1.54, 1.807) is 0 Å². The molecule has 106 valence electrons. The second kappa shape index (κ2) is 5.06. The first-order chi connectivity index (χ1) is 9.24. The minimum absolute atomic E-state index is 0.159. The van der Waals surface area contributed by atoms with E-state index in [2.05, 4.69) is 43.9 Å². The van der Waals surface area contributed by atoms with Gasteiger partial charge in [0.2, 0.25) is 0 Å². The number of oxime groups is 1. The summed E-state index contributed by atoms with van der Waals surface area (Å²) in [5, 5.41) is 4.62. The van der Waals surface area contributed by atoms with E-state index in [9.17, 15) is 0 Å². The highest BCUT2D eigenvalue weighted by Crippen LogP contribution is 2.37. The third-order valence-corrected chi connectivity index (χ3v) is 8.51. The fourth-order valence-electron chi connectivity index (χ4n) is 1.93. The van der Waals surface area contributed by atoms with Crippen LogP contribution < -0.4 is 0 Å². The third kappa shape index (κ3) is 2.78. The average Bonchev–Trinajstić information content (AvgIpc) is 2.77. The Morgan fingerprint density at radius 3 is 2.55 bits per heavy atom. The van der Waals surface area contributed by atoms with Gasteiger partial charge in [-0.3, -0.25) is 0 Å². The van der Waals surface area contributed by atoms with Crippen molar-refractivity contribution in [3.63, 3.8) is 0 Å². The lowest BCUT2D eigenvalue weighted by Crippen LogP contribution is -2.39. The molecule has 0 aromatic heterocycles. The zero-order valence-corrected chi connectivity index (χ0v) is 13.9. The Bertz CT molecular complexity index is 591. The molecule has 0 saturated heterocycles. The molecule has 1 aromatic rings. The van der Waals surface area contributed by atoms with Crippen LogP contribution in [0.15, 0.2) is 23.4 Å². The molecule has 1 aliphatic rings. The van der Waals surface area contributed by atoms with Crippen LogP contribution in [0.2, 0.25) is 18.1 Å². The molecule has 3 nitrogen and oxygen atoms in total. The highest BCUT2D eigenvalue weighted by molar-refractivity contribution is 6.74. The average molecular weight is 286 g/mol. The van der Waals surface area contributed by atoms with E-state index in [1.165, 1.54) is 5.56 Å². The second-order valence-corrected chi connectivity index (χ2v) is 11.5. The topological polar surface area (TPSA) is 25.9 Å². The van der Waals surface area contributed by atoms with E-state index in [-0.39, 0.29) is 5.04 Å². The largest absolute Gasteiger partial charge is 0.455 e. The summed E-state index contributed by atoms with van der Waals surface area (Å²) in [6.45, 7) is 18.1. The summed E-state index contributed by atoms with van der Waals surface area (Å²) in [5.74, 6) is 0. The van der Waals surface area contributed by atoms with Crippen LogP contribution in [0.5, 0.6) is 0 Å². The van der Waals surface area contributed by atoms with Gasteiger partial charge in [-0.1, -0.05) is 39.0 Å². The van der Waals surface area contributed by atoms with Crippen LogP contribution in [-0.2, 0) is 10.9 Å². The number of nitrogens with zero attached hydrogens (tertiary/aromatic N) is 2. The summed E-state index contributed by atoms with van der Waals surface area (Å²) in [5.41, 5.74) is 4.10. The first-order valence-electron chi connectivity index (χ1n) is 7.00. The Balaban J connectivity index is 2.23. The molecular weight excluding hydrogens is 264 g/mol. The smallest absolute Gasteiger partial charge is 0.286 e.